The molecule has 0 radical (unpaired) electrons. The van der Waals surface area contributed by atoms with Gasteiger partial charge in [-0.1, -0.05) is 5.21 Å². The SMILES string of the molecule is C/C(=N\NC(N)=S)c1nnn(-c2ccc(C(=O)O)cc2)c1C. The third-order valence-electron chi connectivity index (χ3n) is 2.93. The lowest BCUT2D eigenvalue weighted by Crippen LogP contribution is -2.25. The van der Waals surface area contributed by atoms with Crippen LogP contribution in [0.5, 0.6) is 0 Å². The van der Waals surface area contributed by atoms with Gasteiger partial charge in [-0.2, -0.15) is 5.10 Å². The second kappa shape index (κ2) is 6.31. The van der Waals surface area contributed by atoms with Gasteiger partial charge in [-0.05, 0) is 50.3 Å². The summed E-state index contributed by atoms with van der Waals surface area (Å²) in [5.41, 5.74) is 10.7. The number of hydrazone groups is 1. The van der Waals surface area contributed by atoms with Crippen LogP contribution in [0.4, 0.5) is 0 Å². The maximum Gasteiger partial charge on any atom is 0.335 e. The summed E-state index contributed by atoms with van der Waals surface area (Å²) < 4.78 is 1.60. The number of aromatic carboxylic acids is 1. The van der Waals surface area contributed by atoms with Crippen LogP contribution in [0, 0.1) is 6.92 Å². The summed E-state index contributed by atoms with van der Waals surface area (Å²) in [7, 11) is 0. The minimum absolute atomic E-state index is 0.0636. The van der Waals surface area contributed by atoms with Gasteiger partial charge < -0.3 is 10.8 Å². The molecule has 0 bridgehead atoms. The summed E-state index contributed by atoms with van der Waals surface area (Å²) in [4.78, 5) is 10.9. The van der Waals surface area contributed by atoms with Crippen molar-refractivity contribution >= 4 is 29.0 Å². The number of carboxylic acid groups (broad SMARTS) is 1. The van der Waals surface area contributed by atoms with E-state index in [0.717, 1.165) is 5.69 Å². The lowest BCUT2D eigenvalue weighted by atomic mass is 10.2. The topological polar surface area (TPSA) is 118 Å². The zero-order valence-corrected chi connectivity index (χ0v) is 12.8. The minimum atomic E-state index is -0.977. The van der Waals surface area contributed by atoms with Crippen molar-refractivity contribution in [3.05, 3.63) is 41.2 Å². The largest absolute Gasteiger partial charge is 0.478 e. The molecule has 0 saturated carbocycles. The van der Waals surface area contributed by atoms with Crippen molar-refractivity contribution in [3.63, 3.8) is 0 Å². The van der Waals surface area contributed by atoms with Gasteiger partial charge in [0.2, 0.25) is 0 Å². The molecule has 0 fully saturated rings. The Morgan fingerprint density at radius 3 is 2.59 bits per heavy atom. The molecule has 114 valence electrons. The fraction of sp³-hybridized carbons (Fsp3) is 0.154. The third kappa shape index (κ3) is 3.26. The summed E-state index contributed by atoms with van der Waals surface area (Å²) in [5, 5.41) is 21.1. The molecular weight excluding hydrogens is 304 g/mol. The van der Waals surface area contributed by atoms with Crippen molar-refractivity contribution in [2.75, 3.05) is 0 Å². The standard InChI is InChI=1S/C13H14N6O2S/c1-7(15-17-13(14)22)11-8(2)19(18-16-11)10-5-3-9(4-6-10)12(20)21/h3-6H,1-2H3,(H,20,21)(H3,14,17,22)/b15-7+. The molecule has 0 aliphatic heterocycles. The first-order chi connectivity index (χ1) is 10.4. The number of hydrogen-bond donors (Lipinski definition) is 3. The molecule has 0 amide bonds. The van der Waals surface area contributed by atoms with Gasteiger partial charge in [0.1, 0.15) is 5.69 Å². The van der Waals surface area contributed by atoms with Crippen LogP contribution in [0.2, 0.25) is 0 Å². The number of carbonyl (C=O) groups is 1. The number of aromatic nitrogens is 3. The van der Waals surface area contributed by atoms with Crippen molar-refractivity contribution in [1.29, 1.82) is 0 Å². The molecule has 0 unspecified atom stereocenters. The molecule has 0 saturated heterocycles. The van der Waals surface area contributed by atoms with Crippen LogP contribution in [0.25, 0.3) is 5.69 Å². The summed E-state index contributed by atoms with van der Waals surface area (Å²) in [6.07, 6.45) is 0. The highest BCUT2D eigenvalue weighted by atomic mass is 32.1. The number of nitrogens with one attached hydrogen (secondary N) is 1. The first kappa shape index (κ1) is 15.6. The van der Waals surface area contributed by atoms with Crippen LogP contribution < -0.4 is 11.2 Å². The third-order valence-corrected chi connectivity index (χ3v) is 3.02. The van der Waals surface area contributed by atoms with E-state index in [9.17, 15) is 4.79 Å². The van der Waals surface area contributed by atoms with Crippen LogP contribution in [0.1, 0.15) is 28.7 Å². The van der Waals surface area contributed by atoms with Crippen molar-refractivity contribution in [1.82, 2.24) is 20.4 Å². The highest BCUT2D eigenvalue weighted by Gasteiger charge is 2.13. The Balaban J connectivity index is 2.33. The average Bonchev–Trinajstić information content (AvgIpc) is 2.86. The Hall–Kier alpha value is -2.81. The molecule has 0 aliphatic rings. The summed E-state index contributed by atoms with van der Waals surface area (Å²) in [6, 6.07) is 6.34. The second-order valence-corrected chi connectivity index (χ2v) is 4.90. The van der Waals surface area contributed by atoms with Gasteiger partial charge in [-0.15, -0.1) is 5.10 Å². The average molecular weight is 318 g/mol. The summed E-state index contributed by atoms with van der Waals surface area (Å²) in [6.45, 7) is 3.58. The summed E-state index contributed by atoms with van der Waals surface area (Å²) >= 11 is 4.68. The molecule has 2 rings (SSSR count). The fourth-order valence-electron chi connectivity index (χ4n) is 1.85. The van der Waals surface area contributed by atoms with Crippen molar-refractivity contribution in [2.24, 2.45) is 10.8 Å². The highest BCUT2D eigenvalue weighted by Crippen LogP contribution is 2.14. The smallest absolute Gasteiger partial charge is 0.335 e. The van der Waals surface area contributed by atoms with Gasteiger partial charge in [-0.3, -0.25) is 5.43 Å². The molecule has 1 heterocycles. The second-order valence-electron chi connectivity index (χ2n) is 4.46. The predicted octanol–water partition coefficient (Wildman–Crippen LogP) is 0.831. The van der Waals surface area contributed by atoms with E-state index in [1.54, 1.807) is 23.7 Å². The zero-order valence-electron chi connectivity index (χ0n) is 11.9. The van der Waals surface area contributed by atoms with Gasteiger partial charge in [0.25, 0.3) is 0 Å². The Morgan fingerprint density at radius 2 is 2.05 bits per heavy atom. The molecule has 1 aromatic heterocycles. The monoisotopic (exact) mass is 318 g/mol. The van der Waals surface area contributed by atoms with Gasteiger partial charge in [0, 0.05) is 0 Å². The summed E-state index contributed by atoms with van der Waals surface area (Å²) in [5.74, 6) is -0.977. The van der Waals surface area contributed by atoms with E-state index in [4.69, 9.17) is 10.8 Å². The predicted molar refractivity (Wildman–Crippen MR) is 85.2 cm³/mol. The quantitative estimate of drug-likeness (QED) is 0.434. The van der Waals surface area contributed by atoms with E-state index in [1.807, 2.05) is 6.92 Å². The molecule has 8 nitrogen and oxygen atoms in total. The van der Waals surface area contributed by atoms with E-state index in [-0.39, 0.29) is 10.7 Å². The molecule has 22 heavy (non-hydrogen) atoms. The molecular formula is C13H14N6O2S. The maximum absolute atomic E-state index is 10.9. The highest BCUT2D eigenvalue weighted by molar-refractivity contribution is 7.80. The fourth-order valence-corrected chi connectivity index (χ4v) is 1.89. The first-order valence-corrected chi connectivity index (χ1v) is 6.67. The number of thiocarbonyl (C=S) groups is 1. The molecule has 9 heteroatoms. The van der Waals surface area contributed by atoms with Gasteiger partial charge in [-0.25, -0.2) is 9.48 Å². The Morgan fingerprint density at radius 1 is 1.41 bits per heavy atom. The van der Waals surface area contributed by atoms with Gasteiger partial charge in [0.15, 0.2) is 5.11 Å². The van der Waals surface area contributed by atoms with Crippen molar-refractivity contribution < 1.29 is 9.90 Å². The molecule has 0 atom stereocenters. The molecule has 4 N–H and O–H groups in total. The van der Waals surface area contributed by atoms with E-state index >= 15 is 0 Å². The van der Waals surface area contributed by atoms with Crippen LogP contribution in [0.15, 0.2) is 29.4 Å². The number of benzene rings is 1. The van der Waals surface area contributed by atoms with Gasteiger partial charge in [0.05, 0.1) is 22.7 Å². The van der Waals surface area contributed by atoms with E-state index in [2.05, 4.69) is 33.1 Å². The first-order valence-electron chi connectivity index (χ1n) is 6.26. The Kier molecular flexibility index (Phi) is 4.47. The number of rotatable bonds is 4. The Labute approximate surface area is 131 Å². The van der Waals surface area contributed by atoms with Crippen molar-refractivity contribution in [2.45, 2.75) is 13.8 Å². The molecule has 0 aliphatic carbocycles. The number of nitrogens with two attached hydrogens (primary N) is 1. The number of nitrogens with zero attached hydrogens (tertiary/aromatic N) is 4. The Bertz CT molecular complexity index is 750. The maximum atomic E-state index is 10.9. The molecule has 0 spiro atoms. The van der Waals surface area contributed by atoms with Crippen molar-refractivity contribution in [3.8, 4) is 5.69 Å². The van der Waals surface area contributed by atoms with Gasteiger partial charge >= 0.3 is 5.97 Å². The lowest BCUT2D eigenvalue weighted by Gasteiger charge is -2.04. The lowest BCUT2D eigenvalue weighted by molar-refractivity contribution is 0.0697. The van der Waals surface area contributed by atoms with E-state index in [1.165, 1.54) is 12.1 Å². The minimum Gasteiger partial charge on any atom is -0.478 e. The zero-order chi connectivity index (χ0) is 16.3. The van der Waals surface area contributed by atoms with Crippen LogP contribution in [0.3, 0.4) is 0 Å². The molecule has 2 aromatic rings. The number of carboxylic acids is 1. The van der Waals surface area contributed by atoms with Crippen LogP contribution >= 0.6 is 12.2 Å². The normalized spacial score (nSPS) is 11.3. The van der Waals surface area contributed by atoms with Crippen LogP contribution in [-0.4, -0.2) is 36.9 Å². The van der Waals surface area contributed by atoms with E-state index < -0.39 is 5.97 Å². The number of hydrogen-bond acceptors (Lipinski definition) is 5. The molecule has 1 aromatic carbocycles. The van der Waals surface area contributed by atoms with Crippen LogP contribution in [-0.2, 0) is 0 Å². The van der Waals surface area contributed by atoms with E-state index in [0.29, 0.717) is 17.1 Å².